The van der Waals surface area contributed by atoms with Crippen molar-refractivity contribution in [3.8, 4) is 16.9 Å². The molecule has 0 aromatic heterocycles. The molecule has 0 heterocycles. The number of rotatable bonds is 9. The van der Waals surface area contributed by atoms with Crippen LogP contribution in [-0.4, -0.2) is 12.6 Å². The highest BCUT2D eigenvalue weighted by atomic mass is 19.4. The fraction of sp³-hybridized carbons (Fsp3) is 0.250. The van der Waals surface area contributed by atoms with Gasteiger partial charge in [-0.1, -0.05) is 66.2 Å². The maximum atomic E-state index is 14.5. The molecule has 3 aromatic carbocycles. The minimum absolute atomic E-state index is 0.0261. The summed E-state index contributed by atoms with van der Waals surface area (Å²) in [5, 5.41) is 0. The third-order valence-corrected chi connectivity index (χ3v) is 5.26. The van der Waals surface area contributed by atoms with Crippen LogP contribution in [0.3, 0.4) is 0 Å². The number of ether oxygens (including phenoxy) is 2. The molecular weight excluding hydrogens is 441 g/mol. The van der Waals surface area contributed by atoms with Gasteiger partial charge >= 0.3 is 12.1 Å². The highest BCUT2D eigenvalue weighted by Gasteiger charge is 2.41. The Labute approximate surface area is 197 Å². The van der Waals surface area contributed by atoms with Gasteiger partial charge < -0.3 is 9.47 Å². The normalized spacial score (nSPS) is 12.1. The van der Waals surface area contributed by atoms with Gasteiger partial charge in [-0.2, -0.15) is 13.2 Å². The summed E-state index contributed by atoms with van der Waals surface area (Å²) in [5.41, 5.74) is 1.37. The van der Waals surface area contributed by atoms with Gasteiger partial charge in [0.1, 0.15) is 17.9 Å². The van der Waals surface area contributed by atoms with Crippen molar-refractivity contribution in [2.24, 2.45) is 0 Å². The average Bonchev–Trinajstić information content (AvgIpc) is 2.81. The highest BCUT2D eigenvalue weighted by Crippen LogP contribution is 2.45. The second-order valence-electron chi connectivity index (χ2n) is 8.04. The van der Waals surface area contributed by atoms with E-state index in [-0.39, 0.29) is 30.9 Å². The van der Waals surface area contributed by atoms with E-state index >= 15 is 0 Å². The Morgan fingerprint density at radius 1 is 0.971 bits per heavy atom. The third-order valence-electron chi connectivity index (χ3n) is 5.26. The average molecular weight is 469 g/mol. The summed E-state index contributed by atoms with van der Waals surface area (Å²) in [7, 11) is 0. The molecule has 1 unspecified atom stereocenters. The number of carbonyl (C=O) groups excluding carboxylic acids is 1. The summed E-state index contributed by atoms with van der Waals surface area (Å²) in [4.78, 5) is 12.8. The molecule has 3 rings (SSSR count). The first-order valence-corrected chi connectivity index (χ1v) is 11.0. The zero-order valence-corrected chi connectivity index (χ0v) is 19.2. The topological polar surface area (TPSA) is 35.5 Å². The van der Waals surface area contributed by atoms with E-state index in [4.69, 9.17) is 9.47 Å². The molecule has 0 spiro atoms. The molecule has 178 valence electrons. The zero-order valence-electron chi connectivity index (χ0n) is 19.2. The maximum Gasteiger partial charge on any atom is 0.420 e. The monoisotopic (exact) mass is 468 g/mol. The molecule has 0 amide bonds. The van der Waals surface area contributed by atoms with Crippen molar-refractivity contribution in [2.45, 2.75) is 39.0 Å². The number of benzene rings is 3. The number of alkyl halides is 3. The van der Waals surface area contributed by atoms with E-state index in [9.17, 15) is 18.0 Å². The van der Waals surface area contributed by atoms with Crippen molar-refractivity contribution in [2.75, 3.05) is 6.61 Å². The minimum Gasteiger partial charge on any atom is -0.488 e. The van der Waals surface area contributed by atoms with Gasteiger partial charge in [0.05, 0.1) is 12.5 Å². The lowest BCUT2D eigenvalue weighted by Gasteiger charge is -2.24. The Balaban J connectivity index is 2.23. The fourth-order valence-electron chi connectivity index (χ4n) is 3.77. The van der Waals surface area contributed by atoms with Crippen LogP contribution in [0.1, 0.15) is 42.9 Å². The number of hydrogen-bond donors (Lipinski definition) is 0. The molecular formula is C28H27F3O3. The number of carbonyl (C=O) groups is 1. The number of allylic oxidation sites excluding steroid dienone is 1. The van der Waals surface area contributed by atoms with Gasteiger partial charge in [0, 0.05) is 0 Å². The number of halogens is 3. The second kappa shape index (κ2) is 11.1. The molecule has 0 radical (unpaired) electrons. The molecule has 6 heteroatoms. The summed E-state index contributed by atoms with van der Waals surface area (Å²) < 4.78 is 54.3. The van der Waals surface area contributed by atoms with Crippen molar-refractivity contribution in [1.29, 1.82) is 0 Å². The molecule has 3 nitrogen and oxygen atoms in total. The molecule has 3 aromatic rings. The fourth-order valence-corrected chi connectivity index (χ4v) is 3.77. The predicted octanol–water partition coefficient (Wildman–Crippen LogP) is 7.56. The van der Waals surface area contributed by atoms with Gasteiger partial charge in [-0.3, -0.25) is 4.79 Å². The van der Waals surface area contributed by atoms with Gasteiger partial charge in [0.15, 0.2) is 0 Å². The van der Waals surface area contributed by atoms with Crippen molar-refractivity contribution in [3.05, 3.63) is 102 Å². The molecule has 0 saturated carbocycles. The van der Waals surface area contributed by atoms with Crippen molar-refractivity contribution in [3.63, 3.8) is 0 Å². The van der Waals surface area contributed by atoms with Gasteiger partial charge in [-0.15, -0.1) is 6.58 Å². The van der Waals surface area contributed by atoms with Crippen LogP contribution in [0.4, 0.5) is 13.2 Å². The van der Waals surface area contributed by atoms with Crippen LogP contribution in [0.25, 0.3) is 11.1 Å². The Kier molecular flexibility index (Phi) is 8.16. The molecule has 0 aliphatic heterocycles. The summed E-state index contributed by atoms with van der Waals surface area (Å²) in [6.45, 7) is 7.12. The molecule has 34 heavy (non-hydrogen) atoms. The largest absolute Gasteiger partial charge is 0.488 e. The summed E-state index contributed by atoms with van der Waals surface area (Å²) >= 11 is 0. The minimum atomic E-state index is -4.75. The first kappa shape index (κ1) is 25.1. The van der Waals surface area contributed by atoms with E-state index in [0.717, 1.165) is 5.56 Å². The Bertz CT molecular complexity index is 1120. The van der Waals surface area contributed by atoms with Gasteiger partial charge in [-0.05, 0) is 54.7 Å². The van der Waals surface area contributed by atoms with Crippen molar-refractivity contribution >= 4 is 5.97 Å². The van der Waals surface area contributed by atoms with E-state index in [1.165, 1.54) is 12.1 Å². The van der Waals surface area contributed by atoms with Crippen LogP contribution in [0.15, 0.2) is 84.9 Å². The van der Waals surface area contributed by atoms with Gasteiger partial charge in [0.2, 0.25) is 0 Å². The quantitative estimate of drug-likeness (QED) is 0.240. The smallest absolute Gasteiger partial charge is 0.420 e. The van der Waals surface area contributed by atoms with E-state index in [2.05, 4.69) is 6.58 Å². The first-order valence-electron chi connectivity index (χ1n) is 11.0. The van der Waals surface area contributed by atoms with Gasteiger partial charge in [0.25, 0.3) is 0 Å². The lowest BCUT2D eigenvalue weighted by molar-refractivity contribution is -0.146. The Hall–Kier alpha value is -3.54. The standard InChI is InChI=1S/C28H27F3O3/c1-4-33-27(32)24(15-19(2)3)23-16-22(21-13-9-6-10-14-21)17-25(26(23)28(29,30)31)34-18-20-11-7-5-8-12-20/h5-14,16-17,24H,2,4,15,18H2,1,3H3. The van der Waals surface area contributed by atoms with Crippen LogP contribution in [0, 0.1) is 0 Å². The van der Waals surface area contributed by atoms with E-state index in [1.54, 1.807) is 62.4 Å². The van der Waals surface area contributed by atoms with Gasteiger partial charge in [-0.25, -0.2) is 0 Å². The molecule has 0 fully saturated rings. The summed E-state index contributed by atoms with van der Waals surface area (Å²) in [5.74, 6) is -2.23. The molecule has 1 atom stereocenters. The van der Waals surface area contributed by atoms with Crippen molar-refractivity contribution in [1.82, 2.24) is 0 Å². The zero-order chi connectivity index (χ0) is 24.7. The summed E-state index contributed by atoms with van der Waals surface area (Å²) in [6.07, 6.45) is -4.73. The summed E-state index contributed by atoms with van der Waals surface area (Å²) in [6, 6.07) is 20.8. The highest BCUT2D eigenvalue weighted by molar-refractivity contribution is 5.81. The third kappa shape index (κ3) is 6.28. The SMILES string of the molecule is C=C(C)CC(C(=O)OCC)c1cc(-c2ccccc2)cc(OCc2ccccc2)c1C(F)(F)F. The molecule has 0 bridgehead atoms. The lowest BCUT2D eigenvalue weighted by Crippen LogP contribution is -2.22. The van der Waals surface area contributed by atoms with Crippen LogP contribution >= 0.6 is 0 Å². The molecule has 0 aliphatic carbocycles. The van der Waals surface area contributed by atoms with E-state index in [0.29, 0.717) is 16.7 Å². The maximum absolute atomic E-state index is 14.5. The second-order valence-corrected chi connectivity index (χ2v) is 8.04. The number of esters is 1. The number of hydrogen-bond acceptors (Lipinski definition) is 3. The first-order chi connectivity index (χ1) is 16.2. The van der Waals surface area contributed by atoms with Crippen LogP contribution in [0.2, 0.25) is 0 Å². The molecule has 0 N–H and O–H groups in total. The van der Waals surface area contributed by atoms with E-state index in [1.807, 2.05) is 12.1 Å². The Morgan fingerprint density at radius 3 is 2.15 bits per heavy atom. The van der Waals surface area contributed by atoms with Crippen LogP contribution in [-0.2, 0) is 22.3 Å². The van der Waals surface area contributed by atoms with E-state index < -0.39 is 23.6 Å². The predicted molar refractivity (Wildman–Crippen MR) is 126 cm³/mol. The Morgan fingerprint density at radius 2 is 1.59 bits per heavy atom. The molecule has 0 aliphatic rings. The van der Waals surface area contributed by atoms with Crippen LogP contribution < -0.4 is 4.74 Å². The molecule has 0 saturated heterocycles. The lowest BCUT2D eigenvalue weighted by atomic mass is 9.86. The van der Waals surface area contributed by atoms with Crippen LogP contribution in [0.5, 0.6) is 5.75 Å². The van der Waals surface area contributed by atoms with Crippen molar-refractivity contribution < 1.29 is 27.4 Å².